The van der Waals surface area contributed by atoms with Crippen molar-refractivity contribution in [2.24, 2.45) is 0 Å². The largest absolute Gasteiger partial charge is 0.492 e. The molecular formula is C19H16ClF3N2O. The first-order chi connectivity index (χ1) is 12.4. The van der Waals surface area contributed by atoms with Crippen LogP contribution < -0.4 is 10.1 Å². The Morgan fingerprint density at radius 2 is 1.88 bits per heavy atom. The van der Waals surface area contributed by atoms with Gasteiger partial charge >= 0.3 is 6.18 Å². The van der Waals surface area contributed by atoms with Crippen LogP contribution in [0.25, 0.3) is 10.9 Å². The molecule has 0 aliphatic rings. The zero-order valence-electron chi connectivity index (χ0n) is 13.9. The summed E-state index contributed by atoms with van der Waals surface area (Å²) >= 11 is 5.56. The van der Waals surface area contributed by atoms with Gasteiger partial charge in [0.25, 0.3) is 0 Å². The molecule has 0 atom stereocenters. The molecule has 26 heavy (non-hydrogen) atoms. The first kappa shape index (κ1) is 18.3. The third kappa shape index (κ3) is 4.19. The van der Waals surface area contributed by atoms with Gasteiger partial charge < -0.3 is 10.1 Å². The summed E-state index contributed by atoms with van der Waals surface area (Å²) in [6, 6.07) is 12.8. The number of ether oxygens (including phenoxy) is 1. The number of aromatic nitrogens is 1. The Kier molecular flexibility index (Phi) is 5.23. The lowest BCUT2D eigenvalue weighted by Gasteiger charge is -2.15. The van der Waals surface area contributed by atoms with Gasteiger partial charge in [0.1, 0.15) is 12.4 Å². The van der Waals surface area contributed by atoms with Crippen molar-refractivity contribution < 1.29 is 17.9 Å². The number of benzene rings is 2. The molecule has 2 aromatic carbocycles. The summed E-state index contributed by atoms with van der Waals surface area (Å²) in [6.45, 7) is 1.96. The van der Waals surface area contributed by atoms with Crippen molar-refractivity contribution in [1.29, 1.82) is 0 Å². The number of aryl methyl sites for hydroxylation is 1. The normalized spacial score (nSPS) is 11.6. The minimum absolute atomic E-state index is 0.109. The second kappa shape index (κ2) is 7.41. The lowest BCUT2D eigenvalue weighted by Crippen LogP contribution is -2.07. The number of para-hydroxylation sites is 1. The molecule has 0 fully saturated rings. The fourth-order valence-corrected chi connectivity index (χ4v) is 2.72. The van der Waals surface area contributed by atoms with Crippen molar-refractivity contribution in [3.05, 3.63) is 59.8 Å². The molecule has 1 N–H and O–H groups in total. The van der Waals surface area contributed by atoms with Crippen LogP contribution in [0.15, 0.2) is 48.5 Å². The van der Waals surface area contributed by atoms with E-state index in [0.29, 0.717) is 5.69 Å². The average Bonchev–Trinajstić information content (AvgIpc) is 2.59. The van der Waals surface area contributed by atoms with Gasteiger partial charge in [-0.1, -0.05) is 18.2 Å². The average molecular weight is 381 g/mol. The van der Waals surface area contributed by atoms with E-state index in [9.17, 15) is 13.2 Å². The molecule has 0 spiro atoms. The van der Waals surface area contributed by atoms with Gasteiger partial charge in [0.05, 0.1) is 17.0 Å². The van der Waals surface area contributed by atoms with E-state index in [1.54, 1.807) is 6.07 Å². The number of pyridine rings is 1. The molecule has 0 radical (unpaired) electrons. The molecule has 3 rings (SSSR count). The van der Waals surface area contributed by atoms with E-state index in [-0.39, 0.29) is 23.9 Å². The quantitative estimate of drug-likeness (QED) is 0.557. The van der Waals surface area contributed by atoms with E-state index >= 15 is 0 Å². The zero-order chi connectivity index (χ0) is 18.7. The second-order valence-corrected chi connectivity index (χ2v) is 6.11. The number of nitrogens with one attached hydrogen (secondary N) is 1. The van der Waals surface area contributed by atoms with E-state index in [1.165, 1.54) is 6.07 Å². The fourth-order valence-electron chi connectivity index (χ4n) is 2.64. The van der Waals surface area contributed by atoms with Crippen LogP contribution in [-0.4, -0.2) is 17.5 Å². The van der Waals surface area contributed by atoms with Gasteiger partial charge in [-0.2, -0.15) is 13.2 Å². The van der Waals surface area contributed by atoms with E-state index in [2.05, 4.69) is 10.3 Å². The van der Waals surface area contributed by atoms with E-state index < -0.39 is 11.7 Å². The summed E-state index contributed by atoms with van der Waals surface area (Å²) in [7, 11) is 0. The molecule has 0 aliphatic heterocycles. The molecular weight excluding hydrogens is 365 g/mol. The molecule has 0 unspecified atom stereocenters. The first-order valence-electron chi connectivity index (χ1n) is 7.91. The highest BCUT2D eigenvalue weighted by molar-refractivity contribution is 6.18. The van der Waals surface area contributed by atoms with Crippen molar-refractivity contribution in [3.8, 4) is 5.75 Å². The predicted octanol–water partition coefficient (Wildman–Crippen LogP) is 5.92. The van der Waals surface area contributed by atoms with E-state index in [1.807, 2.05) is 31.2 Å². The number of hydrogen-bond acceptors (Lipinski definition) is 3. The van der Waals surface area contributed by atoms with E-state index in [4.69, 9.17) is 16.3 Å². The van der Waals surface area contributed by atoms with Crippen LogP contribution in [0.4, 0.5) is 24.5 Å². The van der Waals surface area contributed by atoms with Gasteiger partial charge in [0.15, 0.2) is 0 Å². The van der Waals surface area contributed by atoms with Crippen LogP contribution in [-0.2, 0) is 6.18 Å². The number of halogens is 4. The van der Waals surface area contributed by atoms with Crippen LogP contribution in [0, 0.1) is 6.92 Å². The minimum Gasteiger partial charge on any atom is -0.492 e. The minimum atomic E-state index is -4.48. The molecule has 3 aromatic rings. The van der Waals surface area contributed by atoms with Gasteiger partial charge in [-0.05, 0) is 31.2 Å². The van der Waals surface area contributed by atoms with Gasteiger partial charge in [-0.3, -0.25) is 4.98 Å². The summed E-state index contributed by atoms with van der Waals surface area (Å²) < 4.78 is 44.9. The molecule has 0 bridgehead atoms. The summed E-state index contributed by atoms with van der Waals surface area (Å²) in [5, 5.41) is 3.88. The Morgan fingerprint density at radius 3 is 2.62 bits per heavy atom. The monoisotopic (exact) mass is 380 g/mol. The predicted molar refractivity (Wildman–Crippen MR) is 97.4 cm³/mol. The maximum atomic E-state index is 13.2. The molecule has 136 valence electrons. The van der Waals surface area contributed by atoms with Crippen molar-refractivity contribution in [1.82, 2.24) is 4.98 Å². The topological polar surface area (TPSA) is 34.1 Å². The Bertz CT molecular complexity index is 928. The van der Waals surface area contributed by atoms with Crippen LogP contribution in [0.3, 0.4) is 0 Å². The maximum Gasteiger partial charge on any atom is 0.416 e. The second-order valence-electron chi connectivity index (χ2n) is 5.73. The lowest BCUT2D eigenvalue weighted by atomic mass is 10.1. The summed E-state index contributed by atoms with van der Waals surface area (Å²) in [6.07, 6.45) is -4.48. The fraction of sp³-hybridized carbons (Fsp3) is 0.211. The van der Waals surface area contributed by atoms with Crippen LogP contribution in [0.2, 0.25) is 0 Å². The lowest BCUT2D eigenvalue weighted by molar-refractivity contribution is -0.137. The van der Waals surface area contributed by atoms with E-state index in [0.717, 1.165) is 28.7 Å². The molecule has 1 heterocycles. The van der Waals surface area contributed by atoms with Crippen LogP contribution >= 0.6 is 11.6 Å². The van der Waals surface area contributed by atoms with Crippen LogP contribution in [0.1, 0.15) is 11.3 Å². The Balaban J connectivity index is 2.04. The number of anilines is 2. The van der Waals surface area contributed by atoms with Gasteiger partial charge in [0.2, 0.25) is 0 Å². The van der Waals surface area contributed by atoms with Gasteiger partial charge in [0, 0.05) is 28.5 Å². The Labute approximate surface area is 153 Å². The number of alkyl halides is 4. The van der Waals surface area contributed by atoms with Gasteiger partial charge in [-0.25, -0.2) is 0 Å². The van der Waals surface area contributed by atoms with Crippen molar-refractivity contribution in [2.45, 2.75) is 13.1 Å². The highest BCUT2D eigenvalue weighted by Gasteiger charge is 2.31. The molecule has 7 heteroatoms. The molecule has 0 amide bonds. The SMILES string of the molecule is Cc1cc(Nc2cc(OCCCl)cc(C(F)(F)F)c2)c2ccccc2n1. The number of rotatable bonds is 5. The van der Waals surface area contributed by atoms with Crippen LogP contribution in [0.5, 0.6) is 5.75 Å². The number of fused-ring (bicyclic) bond motifs is 1. The molecule has 0 saturated carbocycles. The molecule has 0 saturated heterocycles. The van der Waals surface area contributed by atoms with Crippen molar-refractivity contribution in [2.75, 3.05) is 17.8 Å². The Morgan fingerprint density at radius 1 is 1.12 bits per heavy atom. The zero-order valence-corrected chi connectivity index (χ0v) is 14.7. The highest BCUT2D eigenvalue weighted by atomic mass is 35.5. The highest BCUT2D eigenvalue weighted by Crippen LogP contribution is 2.36. The number of nitrogens with zero attached hydrogens (tertiary/aromatic N) is 1. The third-order valence-electron chi connectivity index (χ3n) is 3.70. The Hall–Kier alpha value is -2.47. The third-order valence-corrected chi connectivity index (χ3v) is 3.86. The first-order valence-corrected chi connectivity index (χ1v) is 8.45. The van der Waals surface area contributed by atoms with Crippen molar-refractivity contribution >= 4 is 33.9 Å². The molecule has 1 aromatic heterocycles. The standard InChI is InChI=1S/C19H16ClF3N2O/c1-12-8-18(16-4-2-3-5-17(16)24-12)25-14-9-13(19(21,22)23)10-15(11-14)26-7-6-20/h2-5,8-11H,6-7H2,1H3,(H,24,25). The summed E-state index contributed by atoms with van der Waals surface area (Å²) in [4.78, 5) is 4.43. The smallest absolute Gasteiger partial charge is 0.416 e. The van der Waals surface area contributed by atoms with Gasteiger partial charge in [-0.15, -0.1) is 11.6 Å². The summed E-state index contributed by atoms with van der Waals surface area (Å²) in [5.74, 6) is 0.297. The molecule has 0 aliphatic carbocycles. The number of hydrogen-bond donors (Lipinski definition) is 1. The maximum absolute atomic E-state index is 13.2. The molecule has 3 nitrogen and oxygen atoms in total. The van der Waals surface area contributed by atoms with Crippen molar-refractivity contribution in [3.63, 3.8) is 0 Å². The summed E-state index contributed by atoms with van der Waals surface area (Å²) in [5.41, 5.74) is 1.69.